The molecule has 2 aliphatic rings. The van der Waals surface area contributed by atoms with Crippen LogP contribution in [-0.4, -0.2) is 25.0 Å². The predicted molar refractivity (Wildman–Crippen MR) is 99.9 cm³/mol. The van der Waals surface area contributed by atoms with Gasteiger partial charge in [0.25, 0.3) is 0 Å². The van der Waals surface area contributed by atoms with E-state index in [2.05, 4.69) is 25.5 Å². The molecule has 6 heteroatoms. The van der Waals surface area contributed by atoms with Gasteiger partial charge in [-0.2, -0.15) is 0 Å². The van der Waals surface area contributed by atoms with Gasteiger partial charge < -0.3 is 9.13 Å². The lowest BCUT2D eigenvalue weighted by atomic mass is 9.97. The average Bonchev–Trinajstić information content (AvgIpc) is 3.39. The van der Waals surface area contributed by atoms with Crippen molar-refractivity contribution in [2.75, 3.05) is 5.32 Å². The molecule has 1 N–H and O–H groups in total. The zero-order valence-corrected chi connectivity index (χ0v) is 14.8. The molecule has 2 aromatic heterocycles. The Morgan fingerprint density at radius 3 is 2.88 bits per heavy atom. The lowest BCUT2D eigenvalue weighted by molar-refractivity contribution is -0.120. The summed E-state index contributed by atoms with van der Waals surface area (Å²) >= 11 is 0. The van der Waals surface area contributed by atoms with E-state index in [4.69, 9.17) is 4.98 Å². The minimum atomic E-state index is -0.0338. The number of hydrogen-bond donors (Lipinski definition) is 1. The van der Waals surface area contributed by atoms with E-state index < -0.39 is 0 Å². The Bertz CT molecular complexity index is 950. The second-order valence-corrected chi connectivity index (χ2v) is 7.49. The molecule has 1 aliphatic heterocycles. The largest absolute Gasteiger partial charge is 0.334 e. The number of nitrogens with zero attached hydrogens (tertiary/aromatic N) is 4. The first kappa shape index (κ1) is 15.6. The van der Waals surface area contributed by atoms with Gasteiger partial charge in [-0.15, -0.1) is 0 Å². The van der Waals surface area contributed by atoms with Gasteiger partial charge in [-0.25, -0.2) is 9.97 Å². The van der Waals surface area contributed by atoms with E-state index in [1.807, 2.05) is 30.7 Å². The van der Waals surface area contributed by atoms with Crippen LogP contribution in [-0.2, 0) is 17.8 Å². The van der Waals surface area contributed by atoms with E-state index in [0.29, 0.717) is 18.5 Å². The second-order valence-electron chi connectivity index (χ2n) is 7.49. The van der Waals surface area contributed by atoms with Crippen molar-refractivity contribution >= 4 is 22.9 Å². The molecule has 0 bridgehead atoms. The molecule has 1 unspecified atom stereocenters. The third kappa shape index (κ3) is 2.60. The van der Waals surface area contributed by atoms with Crippen LogP contribution in [0.1, 0.15) is 43.8 Å². The summed E-state index contributed by atoms with van der Waals surface area (Å²) < 4.78 is 4.35. The molecule has 1 saturated carbocycles. The number of fused-ring (bicyclic) bond motifs is 2. The van der Waals surface area contributed by atoms with Crippen LogP contribution >= 0.6 is 0 Å². The summed E-state index contributed by atoms with van der Waals surface area (Å²) in [6.45, 7) is 0.699. The third-order valence-corrected chi connectivity index (χ3v) is 5.86. The van der Waals surface area contributed by atoms with E-state index in [1.165, 1.54) is 18.5 Å². The highest BCUT2D eigenvalue weighted by molar-refractivity contribution is 5.93. The molecule has 0 radical (unpaired) electrons. The van der Waals surface area contributed by atoms with Gasteiger partial charge in [0.2, 0.25) is 11.9 Å². The fourth-order valence-corrected chi connectivity index (χ4v) is 4.46. The highest BCUT2D eigenvalue weighted by Gasteiger charge is 2.28. The summed E-state index contributed by atoms with van der Waals surface area (Å²) in [6.07, 6.45) is 10.3. The molecule has 6 nitrogen and oxygen atoms in total. The Kier molecular flexibility index (Phi) is 3.76. The summed E-state index contributed by atoms with van der Waals surface area (Å²) in [7, 11) is 0. The van der Waals surface area contributed by atoms with E-state index in [0.717, 1.165) is 36.7 Å². The normalized spacial score (nSPS) is 20.4. The maximum absolute atomic E-state index is 12.9. The number of aromatic nitrogens is 4. The van der Waals surface area contributed by atoms with Crippen molar-refractivity contribution in [3.8, 4) is 0 Å². The van der Waals surface area contributed by atoms with Crippen LogP contribution in [0.25, 0.3) is 11.0 Å². The number of carbonyl (C=O) groups excluding carboxylic acids is 1. The molecule has 1 aromatic carbocycles. The van der Waals surface area contributed by atoms with Crippen LogP contribution in [0.5, 0.6) is 0 Å². The van der Waals surface area contributed by atoms with Gasteiger partial charge in [-0.05, 0) is 37.8 Å². The number of carbonyl (C=O) groups is 1. The number of para-hydroxylation sites is 2. The van der Waals surface area contributed by atoms with Gasteiger partial charge in [-0.1, -0.05) is 25.0 Å². The Hall–Kier alpha value is -2.63. The molecule has 1 atom stereocenters. The molecule has 0 spiro atoms. The number of imidazole rings is 2. The van der Waals surface area contributed by atoms with Crippen LogP contribution in [0.4, 0.5) is 5.95 Å². The number of aryl methyl sites for hydroxylation is 1. The van der Waals surface area contributed by atoms with Gasteiger partial charge in [-0.3, -0.25) is 10.1 Å². The van der Waals surface area contributed by atoms with Crippen molar-refractivity contribution in [1.82, 2.24) is 19.1 Å². The molecule has 3 heterocycles. The number of amides is 1. The van der Waals surface area contributed by atoms with E-state index in [1.54, 1.807) is 0 Å². The summed E-state index contributed by atoms with van der Waals surface area (Å²) in [6, 6.07) is 8.61. The van der Waals surface area contributed by atoms with E-state index >= 15 is 0 Å². The molecule has 5 rings (SSSR count). The Morgan fingerprint density at radius 2 is 2.00 bits per heavy atom. The highest BCUT2D eigenvalue weighted by Crippen LogP contribution is 2.35. The van der Waals surface area contributed by atoms with Crippen LogP contribution in [0, 0.1) is 5.92 Å². The van der Waals surface area contributed by atoms with Crippen molar-refractivity contribution in [3.63, 3.8) is 0 Å². The Morgan fingerprint density at radius 1 is 1.15 bits per heavy atom. The quantitative estimate of drug-likeness (QED) is 0.786. The summed E-state index contributed by atoms with van der Waals surface area (Å²) in [5.74, 6) is 0.743. The van der Waals surface area contributed by atoms with Crippen LogP contribution in [0.2, 0.25) is 0 Å². The van der Waals surface area contributed by atoms with E-state index in [9.17, 15) is 4.79 Å². The summed E-state index contributed by atoms with van der Waals surface area (Å²) in [4.78, 5) is 21.9. The van der Waals surface area contributed by atoms with Crippen molar-refractivity contribution in [3.05, 3.63) is 42.5 Å². The number of hydrogen-bond acceptors (Lipinski definition) is 3. The molecule has 0 saturated heterocycles. The maximum atomic E-state index is 12.9. The monoisotopic (exact) mass is 349 g/mol. The fraction of sp³-hybridized carbons (Fsp3) is 0.450. The minimum Gasteiger partial charge on any atom is -0.334 e. The first-order valence-electron chi connectivity index (χ1n) is 9.56. The van der Waals surface area contributed by atoms with E-state index in [-0.39, 0.29) is 11.8 Å². The van der Waals surface area contributed by atoms with Crippen molar-refractivity contribution in [2.24, 2.45) is 5.92 Å². The van der Waals surface area contributed by atoms with Crippen molar-refractivity contribution in [1.29, 1.82) is 0 Å². The third-order valence-electron chi connectivity index (χ3n) is 5.86. The zero-order chi connectivity index (χ0) is 17.5. The van der Waals surface area contributed by atoms with Gasteiger partial charge in [0.1, 0.15) is 0 Å². The SMILES string of the molecule is O=C(Nc1nc2ccccc2n1C1CCCC1)C1CCc2cncn2C1. The maximum Gasteiger partial charge on any atom is 0.231 e. The lowest BCUT2D eigenvalue weighted by Crippen LogP contribution is -2.31. The van der Waals surface area contributed by atoms with Gasteiger partial charge >= 0.3 is 0 Å². The summed E-state index contributed by atoms with van der Waals surface area (Å²) in [5.41, 5.74) is 3.29. The smallest absolute Gasteiger partial charge is 0.231 e. The number of anilines is 1. The van der Waals surface area contributed by atoms with Gasteiger partial charge in [0.15, 0.2) is 0 Å². The molecule has 26 heavy (non-hydrogen) atoms. The number of nitrogens with one attached hydrogen (secondary N) is 1. The Labute approximate surface area is 152 Å². The highest BCUT2D eigenvalue weighted by atomic mass is 16.2. The van der Waals surface area contributed by atoms with Gasteiger partial charge in [0, 0.05) is 24.5 Å². The first-order valence-corrected chi connectivity index (χ1v) is 9.56. The molecular weight excluding hydrogens is 326 g/mol. The van der Waals surface area contributed by atoms with Crippen molar-refractivity contribution in [2.45, 2.75) is 51.1 Å². The van der Waals surface area contributed by atoms with Gasteiger partial charge in [0.05, 0.1) is 23.3 Å². The molecule has 1 amide bonds. The number of benzene rings is 1. The number of rotatable bonds is 3. The minimum absolute atomic E-state index is 0.0338. The average molecular weight is 349 g/mol. The fourth-order valence-electron chi connectivity index (χ4n) is 4.46. The second kappa shape index (κ2) is 6.27. The lowest BCUT2D eigenvalue weighted by Gasteiger charge is -2.24. The van der Waals surface area contributed by atoms with Crippen molar-refractivity contribution < 1.29 is 4.79 Å². The molecule has 3 aromatic rings. The van der Waals surface area contributed by atoms with Crippen LogP contribution in [0.3, 0.4) is 0 Å². The molecule has 1 fully saturated rings. The summed E-state index contributed by atoms with van der Waals surface area (Å²) in [5, 5.41) is 3.15. The topological polar surface area (TPSA) is 64.7 Å². The molecular formula is C20H23N5O. The zero-order valence-electron chi connectivity index (χ0n) is 14.8. The van der Waals surface area contributed by atoms with Crippen LogP contribution < -0.4 is 5.32 Å². The predicted octanol–water partition coefficient (Wildman–Crippen LogP) is 3.55. The Balaban J connectivity index is 1.44. The molecule has 1 aliphatic carbocycles. The molecule has 134 valence electrons. The first-order chi connectivity index (χ1) is 12.8. The standard InChI is InChI=1S/C20H23N5O/c26-19(14-9-10-16-11-21-13-24(16)12-14)23-20-22-17-7-3-4-8-18(17)25(20)15-5-1-2-6-15/h3-4,7-8,11,13-15H,1-2,5-6,9-10,12H2,(H,22,23,26). The van der Waals surface area contributed by atoms with Crippen LogP contribution in [0.15, 0.2) is 36.8 Å².